The Morgan fingerprint density at radius 1 is 1.37 bits per heavy atom. The molecule has 2 aromatic rings. The molecule has 1 saturated carbocycles. The highest BCUT2D eigenvalue weighted by Crippen LogP contribution is 2.36. The van der Waals surface area contributed by atoms with Gasteiger partial charge in [-0.2, -0.15) is 0 Å². The molecule has 1 aromatic carbocycles. The van der Waals surface area contributed by atoms with Crippen molar-refractivity contribution in [2.24, 2.45) is 0 Å². The normalized spacial score (nSPS) is 14.4. The van der Waals surface area contributed by atoms with Crippen LogP contribution >= 0.6 is 0 Å². The van der Waals surface area contributed by atoms with Crippen LogP contribution in [0.1, 0.15) is 25.8 Å². The lowest BCUT2D eigenvalue weighted by atomic mass is 10.2. The summed E-state index contributed by atoms with van der Waals surface area (Å²) >= 11 is 0. The maximum atomic E-state index is 4.12. The SMILES string of the molecule is C=C(C)CNc1ccc(-c2nnnn2C2CC2)cc1. The number of hydrogen-bond donors (Lipinski definition) is 1. The number of tetrazole rings is 1. The Morgan fingerprint density at radius 2 is 2.11 bits per heavy atom. The Balaban J connectivity index is 1.78. The average molecular weight is 255 g/mol. The van der Waals surface area contributed by atoms with Crippen LogP contribution in [0.15, 0.2) is 36.4 Å². The Kier molecular flexibility index (Phi) is 3.03. The monoisotopic (exact) mass is 255 g/mol. The van der Waals surface area contributed by atoms with Gasteiger partial charge in [-0.25, -0.2) is 4.68 Å². The third kappa shape index (κ3) is 2.65. The van der Waals surface area contributed by atoms with Gasteiger partial charge in [-0.3, -0.25) is 0 Å². The van der Waals surface area contributed by atoms with Crippen LogP contribution in [-0.4, -0.2) is 26.8 Å². The summed E-state index contributed by atoms with van der Waals surface area (Å²) in [6.45, 7) is 6.67. The molecule has 1 heterocycles. The molecule has 0 radical (unpaired) electrons. The van der Waals surface area contributed by atoms with Gasteiger partial charge in [-0.1, -0.05) is 12.2 Å². The highest BCUT2D eigenvalue weighted by molar-refractivity contribution is 5.59. The maximum absolute atomic E-state index is 4.12. The van der Waals surface area contributed by atoms with Gasteiger partial charge in [-0.05, 0) is 54.5 Å². The summed E-state index contributed by atoms with van der Waals surface area (Å²) < 4.78 is 1.93. The minimum absolute atomic E-state index is 0.492. The summed E-state index contributed by atoms with van der Waals surface area (Å²) in [5.74, 6) is 0.856. The Hall–Kier alpha value is -2.17. The molecule has 1 aliphatic carbocycles. The van der Waals surface area contributed by atoms with E-state index in [4.69, 9.17) is 0 Å². The lowest BCUT2D eigenvalue weighted by Crippen LogP contribution is -2.02. The summed E-state index contributed by atoms with van der Waals surface area (Å²) in [4.78, 5) is 0. The van der Waals surface area contributed by atoms with Gasteiger partial charge in [-0.15, -0.1) is 5.10 Å². The standard InChI is InChI=1S/C14H17N5/c1-10(2)9-15-12-5-3-11(4-6-12)14-16-17-18-19(14)13-7-8-13/h3-6,13,15H,1,7-9H2,2H3. The van der Waals surface area contributed by atoms with Crippen LogP contribution in [0.2, 0.25) is 0 Å². The van der Waals surface area contributed by atoms with Crippen molar-refractivity contribution in [3.05, 3.63) is 36.4 Å². The van der Waals surface area contributed by atoms with Gasteiger partial charge < -0.3 is 5.32 Å². The second-order valence-corrected chi connectivity index (χ2v) is 5.07. The quantitative estimate of drug-likeness (QED) is 0.834. The number of anilines is 1. The zero-order valence-electron chi connectivity index (χ0n) is 11.0. The molecule has 1 N–H and O–H groups in total. The fourth-order valence-electron chi connectivity index (χ4n) is 1.94. The van der Waals surface area contributed by atoms with E-state index >= 15 is 0 Å². The van der Waals surface area contributed by atoms with Gasteiger partial charge in [0.15, 0.2) is 5.82 Å². The van der Waals surface area contributed by atoms with E-state index < -0.39 is 0 Å². The first-order chi connectivity index (χ1) is 9.24. The lowest BCUT2D eigenvalue weighted by molar-refractivity contribution is 0.615. The molecular formula is C14H17N5. The van der Waals surface area contributed by atoms with E-state index in [-0.39, 0.29) is 0 Å². The molecule has 3 rings (SSSR count). The topological polar surface area (TPSA) is 55.6 Å². The zero-order valence-corrected chi connectivity index (χ0v) is 11.0. The molecule has 0 saturated heterocycles. The first-order valence-electron chi connectivity index (χ1n) is 6.50. The van der Waals surface area contributed by atoms with E-state index in [0.29, 0.717) is 6.04 Å². The summed E-state index contributed by atoms with van der Waals surface area (Å²) in [6.07, 6.45) is 2.35. The number of rotatable bonds is 5. The predicted molar refractivity (Wildman–Crippen MR) is 74.8 cm³/mol. The van der Waals surface area contributed by atoms with E-state index in [9.17, 15) is 0 Å². The molecule has 98 valence electrons. The molecule has 0 atom stereocenters. The van der Waals surface area contributed by atoms with Crippen molar-refractivity contribution in [2.45, 2.75) is 25.8 Å². The molecule has 19 heavy (non-hydrogen) atoms. The van der Waals surface area contributed by atoms with E-state index in [1.54, 1.807) is 0 Å². The predicted octanol–water partition coefficient (Wildman–Crippen LogP) is 2.66. The van der Waals surface area contributed by atoms with E-state index in [1.807, 2.05) is 35.9 Å². The van der Waals surface area contributed by atoms with Crippen LogP contribution in [0.5, 0.6) is 0 Å². The van der Waals surface area contributed by atoms with Crippen molar-refractivity contribution < 1.29 is 0 Å². The van der Waals surface area contributed by atoms with Crippen molar-refractivity contribution in [1.29, 1.82) is 0 Å². The van der Waals surface area contributed by atoms with Crippen molar-refractivity contribution in [1.82, 2.24) is 20.2 Å². The lowest BCUT2D eigenvalue weighted by Gasteiger charge is -2.07. The summed E-state index contributed by atoms with van der Waals surface area (Å²) in [6, 6.07) is 8.68. The first-order valence-corrected chi connectivity index (χ1v) is 6.50. The largest absolute Gasteiger partial charge is 0.381 e. The fraction of sp³-hybridized carbons (Fsp3) is 0.357. The highest BCUT2D eigenvalue weighted by Gasteiger charge is 2.28. The number of benzene rings is 1. The molecule has 0 bridgehead atoms. The van der Waals surface area contributed by atoms with Crippen molar-refractivity contribution in [3.8, 4) is 11.4 Å². The number of aromatic nitrogens is 4. The average Bonchev–Trinajstić information content (AvgIpc) is 3.15. The summed E-state index contributed by atoms with van der Waals surface area (Å²) in [7, 11) is 0. The number of nitrogens with zero attached hydrogens (tertiary/aromatic N) is 4. The van der Waals surface area contributed by atoms with E-state index in [2.05, 4.69) is 27.4 Å². The molecule has 5 heteroatoms. The van der Waals surface area contributed by atoms with Crippen LogP contribution in [0.4, 0.5) is 5.69 Å². The molecule has 0 amide bonds. The summed E-state index contributed by atoms with van der Waals surface area (Å²) in [5, 5.41) is 15.3. The smallest absolute Gasteiger partial charge is 0.182 e. The van der Waals surface area contributed by atoms with Gasteiger partial charge in [0.1, 0.15) is 0 Å². The molecule has 0 aliphatic heterocycles. The van der Waals surface area contributed by atoms with Crippen LogP contribution < -0.4 is 5.32 Å². The van der Waals surface area contributed by atoms with E-state index in [0.717, 1.165) is 29.2 Å². The Bertz CT molecular complexity index is 580. The van der Waals surface area contributed by atoms with Crippen molar-refractivity contribution in [3.63, 3.8) is 0 Å². The van der Waals surface area contributed by atoms with Crippen LogP contribution in [0.3, 0.4) is 0 Å². The molecule has 1 aromatic heterocycles. The number of hydrogen-bond acceptors (Lipinski definition) is 4. The molecule has 0 unspecified atom stereocenters. The first kappa shape index (κ1) is 11.9. The second kappa shape index (κ2) is 4.84. The minimum atomic E-state index is 0.492. The third-order valence-electron chi connectivity index (χ3n) is 3.12. The van der Waals surface area contributed by atoms with Gasteiger partial charge >= 0.3 is 0 Å². The minimum Gasteiger partial charge on any atom is -0.381 e. The van der Waals surface area contributed by atoms with Gasteiger partial charge in [0.05, 0.1) is 6.04 Å². The maximum Gasteiger partial charge on any atom is 0.182 e. The van der Waals surface area contributed by atoms with Gasteiger partial charge in [0.25, 0.3) is 0 Å². The molecule has 1 aliphatic rings. The van der Waals surface area contributed by atoms with Crippen molar-refractivity contribution >= 4 is 5.69 Å². The van der Waals surface area contributed by atoms with Crippen LogP contribution in [0.25, 0.3) is 11.4 Å². The van der Waals surface area contributed by atoms with Gasteiger partial charge in [0, 0.05) is 17.8 Å². The molecule has 1 fully saturated rings. The number of nitrogens with one attached hydrogen (secondary N) is 1. The van der Waals surface area contributed by atoms with Crippen LogP contribution in [-0.2, 0) is 0 Å². The Morgan fingerprint density at radius 3 is 2.74 bits per heavy atom. The zero-order chi connectivity index (χ0) is 13.2. The molecule has 0 spiro atoms. The van der Waals surface area contributed by atoms with E-state index in [1.165, 1.54) is 12.8 Å². The Labute approximate surface area is 112 Å². The molecule has 5 nitrogen and oxygen atoms in total. The van der Waals surface area contributed by atoms with Gasteiger partial charge in [0.2, 0.25) is 0 Å². The fourth-order valence-corrected chi connectivity index (χ4v) is 1.94. The van der Waals surface area contributed by atoms with Crippen LogP contribution in [0, 0.1) is 0 Å². The van der Waals surface area contributed by atoms with Crippen molar-refractivity contribution in [2.75, 3.05) is 11.9 Å². The molecular weight excluding hydrogens is 238 g/mol. The highest BCUT2D eigenvalue weighted by atomic mass is 15.6. The third-order valence-corrected chi connectivity index (χ3v) is 3.12. The second-order valence-electron chi connectivity index (χ2n) is 5.07. The summed E-state index contributed by atoms with van der Waals surface area (Å²) in [5.41, 5.74) is 3.25.